The summed E-state index contributed by atoms with van der Waals surface area (Å²) >= 11 is 0. The molecule has 23 heavy (non-hydrogen) atoms. The van der Waals surface area contributed by atoms with Crippen LogP contribution in [-0.4, -0.2) is 40.6 Å². The molecule has 3 rings (SSSR count). The molecule has 1 fully saturated rings. The minimum Gasteiger partial charge on any atom is -0.396 e. The van der Waals surface area contributed by atoms with Gasteiger partial charge in [0.1, 0.15) is 0 Å². The zero-order valence-electron chi connectivity index (χ0n) is 13.6. The molecule has 1 aliphatic heterocycles. The van der Waals surface area contributed by atoms with Crippen LogP contribution in [0.1, 0.15) is 33.0 Å². The van der Waals surface area contributed by atoms with E-state index >= 15 is 0 Å². The molecule has 2 aromatic rings. The van der Waals surface area contributed by atoms with Crippen LogP contribution in [0, 0.1) is 19.8 Å². The molecule has 0 spiro atoms. The van der Waals surface area contributed by atoms with Crippen molar-refractivity contribution in [3.8, 4) is 0 Å². The molecular weight excluding hydrogens is 288 g/mol. The van der Waals surface area contributed by atoms with E-state index in [0.29, 0.717) is 13.1 Å². The topological polar surface area (TPSA) is 53.4 Å². The number of aliphatic hydroxyl groups is 1. The van der Waals surface area contributed by atoms with Gasteiger partial charge in [-0.05, 0) is 43.2 Å². The molecule has 0 bridgehead atoms. The van der Waals surface area contributed by atoms with Crippen LogP contribution < -0.4 is 0 Å². The van der Waals surface area contributed by atoms with Gasteiger partial charge in [0, 0.05) is 49.5 Å². The number of aliphatic hydroxyl groups excluding tert-OH is 1. The first-order valence-corrected chi connectivity index (χ1v) is 7.97. The maximum atomic E-state index is 12.8. The summed E-state index contributed by atoms with van der Waals surface area (Å²) in [5.74, 6) is 0.294. The summed E-state index contributed by atoms with van der Waals surface area (Å²) in [4.78, 5) is 18.8. The predicted octanol–water partition coefficient (Wildman–Crippen LogP) is 2.55. The summed E-state index contributed by atoms with van der Waals surface area (Å²) < 4.78 is 0. The van der Waals surface area contributed by atoms with Crippen LogP contribution in [0.3, 0.4) is 0 Å². The standard InChI is InChI=1S/C19H22N2O2/c1-13-3-4-17(14(2)9-13)19(23)21-10-16(12-22)18(11-21)15-5-7-20-8-6-15/h3-9,16,18,22H,10-12H2,1-2H3/t16-,18-/m0/s1. The van der Waals surface area contributed by atoms with Gasteiger partial charge >= 0.3 is 0 Å². The molecule has 0 aliphatic carbocycles. The summed E-state index contributed by atoms with van der Waals surface area (Å²) in [6.45, 7) is 5.32. The van der Waals surface area contributed by atoms with E-state index in [2.05, 4.69) is 4.98 Å². The maximum absolute atomic E-state index is 12.8. The Morgan fingerprint density at radius 2 is 1.96 bits per heavy atom. The Morgan fingerprint density at radius 3 is 2.61 bits per heavy atom. The third-order valence-corrected chi connectivity index (χ3v) is 4.71. The lowest BCUT2D eigenvalue weighted by Crippen LogP contribution is -2.29. The molecule has 0 saturated carbocycles. The summed E-state index contributed by atoms with van der Waals surface area (Å²) in [6.07, 6.45) is 3.52. The zero-order valence-corrected chi connectivity index (χ0v) is 13.6. The molecular formula is C19H22N2O2. The number of hydrogen-bond acceptors (Lipinski definition) is 3. The first-order chi connectivity index (χ1) is 11.1. The quantitative estimate of drug-likeness (QED) is 0.948. The van der Waals surface area contributed by atoms with Crippen molar-refractivity contribution in [2.24, 2.45) is 5.92 Å². The average Bonchev–Trinajstić information content (AvgIpc) is 2.99. The highest BCUT2D eigenvalue weighted by Crippen LogP contribution is 2.33. The Balaban J connectivity index is 1.83. The number of benzene rings is 1. The lowest BCUT2D eigenvalue weighted by Gasteiger charge is -2.18. The number of nitrogens with zero attached hydrogens (tertiary/aromatic N) is 2. The molecule has 0 unspecified atom stereocenters. The fourth-order valence-electron chi connectivity index (χ4n) is 3.43. The van der Waals surface area contributed by atoms with Crippen LogP contribution >= 0.6 is 0 Å². The highest BCUT2D eigenvalue weighted by atomic mass is 16.3. The number of hydrogen-bond donors (Lipinski definition) is 1. The van der Waals surface area contributed by atoms with Crippen LogP contribution in [0.2, 0.25) is 0 Å². The van der Waals surface area contributed by atoms with Gasteiger partial charge < -0.3 is 10.0 Å². The van der Waals surface area contributed by atoms with Gasteiger partial charge in [-0.1, -0.05) is 17.7 Å². The third kappa shape index (κ3) is 3.13. The minimum atomic E-state index is 0.0532. The molecule has 0 radical (unpaired) electrons. The molecule has 2 atom stereocenters. The predicted molar refractivity (Wildman–Crippen MR) is 89.4 cm³/mol. The lowest BCUT2D eigenvalue weighted by molar-refractivity contribution is 0.0780. The third-order valence-electron chi connectivity index (χ3n) is 4.71. The van der Waals surface area contributed by atoms with Crippen LogP contribution in [0.15, 0.2) is 42.7 Å². The second-order valence-corrected chi connectivity index (χ2v) is 6.36. The van der Waals surface area contributed by atoms with Gasteiger partial charge in [-0.15, -0.1) is 0 Å². The first kappa shape index (κ1) is 15.7. The van der Waals surface area contributed by atoms with Crippen molar-refractivity contribution in [2.75, 3.05) is 19.7 Å². The Labute approximate surface area is 136 Å². The SMILES string of the molecule is Cc1ccc(C(=O)N2C[C@@H](CO)[C@H](c3ccncc3)C2)c(C)c1. The van der Waals surface area contributed by atoms with Crippen molar-refractivity contribution >= 4 is 5.91 Å². The van der Waals surface area contributed by atoms with Crippen LogP contribution in [0.25, 0.3) is 0 Å². The monoisotopic (exact) mass is 310 g/mol. The van der Waals surface area contributed by atoms with Crippen molar-refractivity contribution in [1.82, 2.24) is 9.88 Å². The van der Waals surface area contributed by atoms with Gasteiger partial charge in [0.05, 0.1) is 0 Å². The fourth-order valence-corrected chi connectivity index (χ4v) is 3.43. The molecule has 4 nitrogen and oxygen atoms in total. The summed E-state index contributed by atoms with van der Waals surface area (Å²) in [5.41, 5.74) is 4.05. The van der Waals surface area contributed by atoms with Crippen molar-refractivity contribution in [1.29, 1.82) is 0 Å². The fraction of sp³-hybridized carbons (Fsp3) is 0.368. The molecule has 2 heterocycles. The molecule has 4 heteroatoms. The van der Waals surface area contributed by atoms with E-state index in [1.807, 2.05) is 49.1 Å². The van der Waals surface area contributed by atoms with Crippen molar-refractivity contribution in [3.63, 3.8) is 0 Å². The van der Waals surface area contributed by atoms with Gasteiger partial charge in [-0.2, -0.15) is 0 Å². The Kier molecular flexibility index (Phi) is 4.44. The molecule has 1 aliphatic rings. The van der Waals surface area contributed by atoms with Crippen molar-refractivity contribution in [2.45, 2.75) is 19.8 Å². The zero-order chi connectivity index (χ0) is 16.4. The number of carbonyl (C=O) groups excluding carboxylic acids is 1. The van der Waals surface area contributed by atoms with Crippen molar-refractivity contribution < 1.29 is 9.90 Å². The largest absolute Gasteiger partial charge is 0.396 e. The molecule has 1 saturated heterocycles. The van der Waals surface area contributed by atoms with Gasteiger partial charge in [0.15, 0.2) is 0 Å². The molecule has 1 N–H and O–H groups in total. The second-order valence-electron chi connectivity index (χ2n) is 6.36. The van der Waals surface area contributed by atoms with Crippen LogP contribution in [-0.2, 0) is 0 Å². The van der Waals surface area contributed by atoms with Gasteiger partial charge in [0.25, 0.3) is 5.91 Å². The van der Waals surface area contributed by atoms with Crippen molar-refractivity contribution in [3.05, 3.63) is 65.0 Å². The average molecular weight is 310 g/mol. The normalized spacial score (nSPS) is 20.7. The maximum Gasteiger partial charge on any atom is 0.254 e. The Hall–Kier alpha value is -2.20. The van der Waals surface area contributed by atoms with E-state index in [4.69, 9.17) is 0 Å². The van der Waals surface area contributed by atoms with E-state index in [1.54, 1.807) is 12.4 Å². The van der Waals surface area contributed by atoms with Gasteiger partial charge in [-0.25, -0.2) is 0 Å². The van der Waals surface area contributed by atoms with E-state index in [9.17, 15) is 9.90 Å². The van der Waals surface area contributed by atoms with Gasteiger partial charge in [0.2, 0.25) is 0 Å². The van der Waals surface area contributed by atoms with Gasteiger partial charge in [-0.3, -0.25) is 9.78 Å². The first-order valence-electron chi connectivity index (χ1n) is 7.97. The molecule has 1 amide bonds. The molecule has 1 aromatic heterocycles. The van der Waals surface area contributed by atoms with E-state index in [1.165, 1.54) is 0 Å². The number of carbonyl (C=O) groups is 1. The van der Waals surface area contributed by atoms with E-state index in [0.717, 1.165) is 22.3 Å². The highest BCUT2D eigenvalue weighted by molar-refractivity contribution is 5.96. The highest BCUT2D eigenvalue weighted by Gasteiger charge is 2.36. The Morgan fingerprint density at radius 1 is 1.22 bits per heavy atom. The van der Waals surface area contributed by atoms with E-state index < -0.39 is 0 Å². The lowest BCUT2D eigenvalue weighted by atomic mass is 9.90. The summed E-state index contributed by atoms with van der Waals surface area (Å²) in [7, 11) is 0. The number of aromatic nitrogens is 1. The smallest absolute Gasteiger partial charge is 0.254 e. The number of likely N-dealkylation sites (tertiary alicyclic amines) is 1. The summed E-state index contributed by atoms with van der Waals surface area (Å²) in [5, 5.41) is 9.71. The number of pyridine rings is 1. The Bertz CT molecular complexity index is 700. The second kappa shape index (κ2) is 6.50. The van der Waals surface area contributed by atoms with Crippen LogP contribution in [0.4, 0.5) is 0 Å². The number of rotatable bonds is 3. The molecule has 120 valence electrons. The summed E-state index contributed by atoms with van der Waals surface area (Å²) in [6, 6.07) is 9.85. The number of aryl methyl sites for hydroxylation is 2. The van der Waals surface area contributed by atoms with Crippen LogP contribution in [0.5, 0.6) is 0 Å². The van der Waals surface area contributed by atoms with E-state index in [-0.39, 0.29) is 24.3 Å². The molecule has 1 aromatic carbocycles. The minimum absolute atomic E-state index is 0.0532. The number of amides is 1.